The van der Waals surface area contributed by atoms with Crippen molar-refractivity contribution in [2.24, 2.45) is 11.3 Å². The summed E-state index contributed by atoms with van der Waals surface area (Å²) in [6.07, 6.45) is 2.74. The van der Waals surface area contributed by atoms with Gasteiger partial charge in [-0.3, -0.25) is 0 Å². The minimum atomic E-state index is 0.662. The minimum absolute atomic E-state index is 0.662. The first-order valence-corrected chi connectivity index (χ1v) is 5.20. The van der Waals surface area contributed by atoms with Crippen molar-refractivity contribution < 1.29 is 0 Å². The van der Waals surface area contributed by atoms with Gasteiger partial charge in [-0.15, -0.1) is 0 Å². The normalized spacial score (nSPS) is 47.0. The molecule has 2 saturated carbocycles. The lowest BCUT2D eigenvalue weighted by Crippen LogP contribution is -2.27. The molecule has 3 rings (SSSR count). The van der Waals surface area contributed by atoms with Crippen molar-refractivity contribution in [3.63, 3.8) is 0 Å². The van der Waals surface area contributed by atoms with Crippen LogP contribution in [0.2, 0.25) is 0 Å². The van der Waals surface area contributed by atoms with E-state index in [9.17, 15) is 0 Å². The van der Waals surface area contributed by atoms with Gasteiger partial charge in [0.25, 0.3) is 0 Å². The molecule has 1 heteroatoms. The van der Waals surface area contributed by atoms with Crippen LogP contribution in [0.3, 0.4) is 0 Å². The second kappa shape index (κ2) is 1.79. The largest absolute Gasteiger partial charge is 0.310 e. The van der Waals surface area contributed by atoms with E-state index in [1.54, 1.807) is 5.57 Å². The number of hydrogen-bond acceptors (Lipinski definition) is 1. The van der Waals surface area contributed by atoms with E-state index in [0.717, 1.165) is 17.4 Å². The molecule has 0 aromatic carbocycles. The Labute approximate surface area is 74.2 Å². The van der Waals surface area contributed by atoms with Crippen LogP contribution in [0.15, 0.2) is 11.1 Å². The van der Waals surface area contributed by atoms with Crippen LogP contribution in [0, 0.1) is 11.3 Å². The smallest absolute Gasteiger partial charge is 0.0247 e. The Bertz CT molecular complexity index is 277. The van der Waals surface area contributed by atoms with E-state index in [4.69, 9.17) is 0 Å². The summed E-state index contributed by atoms with van der Waals surface area (Å²) >= 11 is 0. The van der Waals surface area contributed by atoms with Gasteiger partial charge in [0, 0.05) is 23.4 Å². The zero-order valence-electron chi connectivity index (χ0n) is 8.15. The van der Waals surface area contributed by atoms with Crippen LogP contribution in [-0.2, 0) is 0 Å². The SMILES string of the molecule is CCC1=C2CC23C(NC(C)C)C13. The monoisotopic (exact) mass is 163 g/mol. The fourth-order valence-electron chi connectivity index (χ4n) is 3.36. The van der Waals surface area contributed by atoms with E-state index < -0.39 is 0 Å². The molecule has 3 aliphatic carbocycles. The van der Waals surface area contributed by atoms with Gasteiger partial charge in [-0.25, -0.2) is 0 Å². The molecule has 3 unspecified atom stereocenters. The minimum Gasteiger partial charge on any atom is -0.310 e. The van der Waals surface area contributed by atoms with Crippen molar-refractivity contribution in [1.82, 2.24) is 5.32 Å². The average Bonchev–Trinajstić information content (AvgIpc) is 2.75. The van der Waals surface area contributed by atoms with Gasteiger partial charge in [0.15, 0.2) is 0 Å². The van der Waals surface area contributed by atoms with E-state index in [-0.39, 0.29) is 0 Å². The predicted octanol–water partition coefficient (Wildman–Crippen LogP) is 2.09. The molecule has 1 spiro atoms. The Morgan fingerprint density at radius 1 is 1.58 bits per heavy atom. The molecule has 0 aliphatic heterocycles. The standard InChI is InChI=1S/C11H17N/c1-4-7-8-5-11(8)9(7)10(11)12-6(2)3/h6,9-10,12H,4-5H2,1-3H3. The lowest BCUT2D eigenvalue weighted by Gasteiger charge is -2.08. The first-order valence-electron chi connectivity index (χ1n) is 5.20. The van der Waals surface area contributed by atoms with Crippen LogP contribution in [-0.4, -0.2) is 12.1 Å². The zero-order valence-corrected chi connectivity index (χ0v) is 8.15. The van der Waals surface area contributed by atoms with E-state index >= 15 is 0 Å². The summed E-state index contributed by atoms with van der Waals surface area (Å²) in [5.41, 5.74) is 4.37. The Hall–Kier alpha value is -0.300. The van der Waals surface area contributed by atoms with E-state index in [0.29, 0.717) is 6.04 Å². The maximum atomic E-state index is 3.68. The Balaban J connectivity index is 1.72. The van der Waals surface area contributed by atoms with Gasteiger partial charge in [0.1, 0.15) is 0 Å². The number of hydrogen-bond donors (Lipinski definition) is 1. The molecule has 1 nitrogen and oxygen atoms in total. The maximum Gasteiger partial charge on any atom is 0.0247 e. The topological polar surface area (TPSA) is 12.0 Å². The van der Waals surface area contributed by atoms with Gasteiger partial charge in [-0.05, 0) is 12.8 Å². The summed E-state index contributed by atoms with van der Waals surface area (Å²) in [5, 5.41) is 3.68. The molecule has 0 saturated heterocycles. The van der Waals surface area contributed by atoms with E-state index in [2.05, 4.69) is 26.1 Å². The van der Waals surface area contributed by atoms with E-state index in [1.165, 1.54) is 12.8 Å². The first kappa shape index (κ1) is 7.14. The van der Waals surface area contributed by atoms with Crippen LogP contribution in [0.1, 0.15) is 33.6 Å². The van der Waals surface area contributed by atoms with Gasteiger partial charge in [-0.1, -0.05) is 31.9 Å². The third-order valence-electron chi connectivity index (χ3n) is 3.90. The molecule has 66 valence electrons. The van der Waals surface area contributed by atoms with Gasteiger partial charge in [-0.2, -0.15) is 0 Å². The molecule has 1 N–H and O–H groups in total. The fraction of sp³-hybridized carbons (Fsp3) is 0.818. The molecule has 0 radical (unpaired) electrons. The Kier molecular flexibility index (Phi) is 1.07. The summed E-state index contributed by atoms with van der Waals surface area (Å²) in [4.78, 5) is 0. The van der Waals surface area contributed by atoms with Gasteiger partial charge < -0.3 is 5.32 Å². The highest BCUT2D eigenvalue weighted by Gasteiger charge is 2.83. The molecule has 0 aromatic heterocycles. The third-order valence-corrected chi connectivity index (χ3v) is 3.90. The van der Waals surface area contributed by atoms with Crippen molar-refractivity contribution in [2.45, 2.75) is 45.7 Å². The van der Waals surface area contributed by atoms with Crippen LogP contribution >= 0.6 is 0 Å². The molecule has 0 heterocycles. The van der Waals surface area contributed by atoms with Crippen molar-refractivity contribution in [1.29, 1.82) is 0 Å². The highest BCUT2D eigenvalue weighted by atomic mass is 15.1. The van der Waals surface area contributed by atoms with Gasteiger partial charge in [0.2, 0.25) is 0 Å². The summed E-state index contributed by atoms with van der Waals surface area (Å²) in [6.45, 7) is 6.81. The molecular formula is C11H17N. The molecule has 2 fully saturated rings. The van der Waals surface area contributed by atoms with Crippen molar-refractivity contribution in [3.05, 3.63) is 11.1 Å². The molecule has 0 amide bonds. The molecule has 3 aliphatic rings. The van der Waals surface area contributed by atoms with Crippen LogP contribution < -0.4 is 5.32 Å². The quantitative estimate of drug-likeness (QED) is 0.628. The molecule has 12 heavy (non-hydrogen) atoms. The second-order valence-corrected chi connectivity index (χ2v) is 4.85. The van der Waals surface area contributed by atoms with Gasteiger partial charge in [0.05, 0.1) is 0 Å². The molecule has 0 bridgehead atoms. The zero-order chi connectivity index (χ0) is 8.51. The molecular weight excluding hydrogens is 146 g/mol. The summed E-state index contributed by atoms with van der Waals surface area (Å²) in [7, 11) is 0. The van der Waals surface area contributed by atoms with Crippen LogP contribution in [0.5, 0.6) is 0 Å². The van der Waals surface area contributed by atoms with Crippen LogP contribution in [0.4, 0.5) is 0 Å². The van der Waals surface area contributed by atoms with Crippen molar-refractivity contribution in [2.75, 3.05) is 0 Å². The lowest BCUT2D eigenvalue weighted by atomic mass is 9.97. The first-order chi connectivity index (χ1) is 5.71. The predicted molar refractivity (Wildman–Crippen MR) is 49.9 cm³/mol. The van der Waals surface area contributed by atoms with Gasteiger partial charge >= 0.3 is 0 Å². The van der Waals surface area contributed by atoms with E-state index in [1.807, 2.05) is 5.57 Å². The maximum absolute atomic E-state index is 3.68. The third kappa shape index (κ3) is 0.545. The molecule has 3 atom stereocenters. The Morgan fingerprint density at radius 3 is 2.83 bits per heavy atom. The highest BCUT2D eigenvalue weighted by molar-refractivity contribution is 5.65. The second-order valence-electron chi connectivity index (χ2n) is 4.85. The fourth-order valence-corrected chi connectivity index (χ4v) is 3.36. The number of nitrogens with one attached hydrogen (secondary N) is 1. The average molecular weight is 163 g/mol. The van der Waals surface area contributed by atoms with Crippen molar-refractivity contribution in [3.8, 4) is 0 Å². The summed E-state index contributed by atoms with van der Waals surface area (Å²) in [5.74, 6) is 0.972. The summed E-state index contributed by atoms with van der Waals surface area (Å²) < 4.78 is 0. The summed E-state index contributed by atoms with van der Waals surface area (Å²) in [6, 6.07) is 1.51. The molecule has 0 aromatic rings. The van der Waals surface area contributed by atoms with Crippen molar-refractivity contribution >= 4 is 0 Å². The lowest BCUT2D eigenvalue weighted by molar-refractivity contribution is 0.556. The Morgan fingerprint density at radius 2 is 2.33 bits per heavy atom. The van der Waals surface area contributed by atoms with Crippen LogP contribution in [0.25, 0.3) is 0 Å². The highest BCUT2D eigenvalue weighted by Crippen LogP contribution is 2.86. The number of rotatable bonds is 3.